The standard InChI is InChI=1S/C26H23ClF3N.ClH/c27-25-18-23(19-5-2-1-3-6-19)10-9-21(25)13-16-31-14-11-20(12-15-31)22-7-4-8-24(17-22)26(28,29)30;/h1-11,17-18H,12-16H2;1H. The second kappa shape index (κ2) is 10.6. The smallest absolute Gasteiger partial charge is 0.299 e. The fourth-order valence-corrected chi connectivity index (χ4v) is 4.19. The van der Waals surface area contributed by atoms with Crippen LogP contribution in [0.5, 0.6) is 0 Å². The minimum atomic E-state index is -4.31. The zero-order chi connectivity index (χ0) is 21.8. The third-order valence-electron chi connectivity index (χ3n) is 5.71. The first kappa shape index (κ1) is 24.4. The molecule has 0 fully saturated rings. The summed E-state index contributed by atoms with van der Waals surface area (Å²) >= 11 is 6.53. The van der Waals surface area contributed by atoms with Crippen molar-refractivity contribution in [2.24, 2.45) is 0 Å². The maximum atomic E-state index is 13.0. The predicted octanol–water partition coefficient (Wildman–Crippen LogP) is 7.78. The van der Waals surface area contributed by atoms with Crippen LogP contribution >= 0.6 is 24.0 Å². The summed E-state index contributed by atoms with van der Waals surface area (Å²) in [5.41, 5.74) is 4.39. The minimum Gasteiger partial charge on any atom is -0.299 e. The van der Waals surface area contributed by atoms with E-state index in [0.717, 1.165) is 65.8 Å². The van der Waals surface area contributed by atoms with Crippen molar-refractivity contribution in [2.75, 3.05) is 19.6 Å². The first-order valence-corrected chi connectivity index (χ1v) is 10.7. The molecule has 1 heterocycles. The van der Waals surface area contributed by atoms with Gasteiger partial charge in [0.2, 0.25) is 0 Å². The van der Waals surface area contributed by atoms with E-state index in [2.05, 4.69) is 29.2 Å². The number of hydrogen-bond donors (Lipinski definition) is 0. The van der Waals surface area contributed by atoms with Crippen LogP contribution in [0.3, 0.4) is 0 Å². The second-order valence-electron chi connectivity index (χ2n) is 7.78. The number of hydrogen-bond acceptors (Lipinski definition) is 1. The summed E-state index contributed by atoms with van der Waals surface area (Å²) in [6.07, 6.45) is -0.700. The summed E-state index contributed by atoms with van der Waals surface area (Å²) in [5, 5.41) is 0.763. The lowest BCUT2D eigenvalue weighted by atomic mass is 9.97. The zero-order valence-corrected chi connectivity index (χ0v) is 19.0. The summed E-state index contributed by atoms with van der Waals surface area (Å²) in [7, 11) is 0. The van der Waals surface area contributed by atoms with E-state index in [1.54, 1.807) is 6.07 Å². The van der Waals surface area contributed by atoms with Crippen LogP contribution in [0.15, 0.2) is 78.9 Å². The van der Waals surface area contributed by atoms with Gasteiger partial charge in [-0.1, -0.05) is 72.3 Å². The van der Waals surface area contributed by atoms with Crippen molar-refractivity contribution >= 4 is 29.6 Å². The van der Waals surface area contributed by atoms with E-state index in [9.17, 15) is 13.2 Å². The van der Waals surface area contributed by atoms with Crippen LogP contribution in [0.2, 0.25) is 5.02 Å². The fourth-order valence-electron chi connectivity index (χ4n) is 3.91. The van der Waals surface area contributed by atoms with Gasteiger partial charge in [0.15, 0.2) is 0 Å². The van der Waals surface area contributed by atoms with Gasteiger partial charge >= 0.3 is 6.18 Å². The summed E-state index contributed by atoms with van der Waals surface area (Å²) in [5.74, 6) is 0. The molecule has 3 aromatic rings. The molecule has 0 amide bonds. The lowest BCUT2D eigenvalue weighted by Crippen LogP contribution is -2.30. The monoisotopic (exact) mass is 477 g/mol. The van der Waals surface area contributed by atoms with Gasteiger partial charge in [-0.05, 0) is 58.9 Å². The van der Waals surface area contributed by atoms with Crippen molar-refractivity contribution in [3.8, 4) is 11.1 Å². The normalized spacial score (nSPS) is 14.6. The van der Waals surface area contributed by atoms with Crippen LogP contribution in [0.4, 0.5) is 13.2 Å². The van der Waals surface area contributed by atoms with Crippen LogP contribution in [-0.2, 0) is 12.6 Å². The molecule has 6 heteroatoms. The molecule has 32 heavy (non-hydrogen) atoms. The molecular formula is C26H24Cl2F3N. The van der Waals surface area contributed by atoms with Gasteiger partial charge in [0.25, 0.3) is 0 Å². The van der Waals surface area contributed by atoms with Crippen molar-refractivity contribution in [2.45, 2.75) is 19.0 Å². The third-order valence-corrected chi connectivity index (χ3v) is 6.06. The predicted molar refractivity (Wildman–Crippen MR) is 128 cm³/mol. The Morgan fingerprint density at radius 1 is 0.844 bits per heavy atom. The van der Waals surface area contributed by atoms with Gasteiger partial charge in [-0.25, -0.2) is 0 Å². The number of alkyl halides is 3. The van der Waals surface area contributed by atoms with Gasteiger partial charge in [-0.15, -0.1) is 12.4 Å². The molecule has 168 valence electrons. The molecule has 1 aliphatic heterocycles. The van der Waals surface area contributed by atoms with Crippen LogP contribution < -0.4 is 0 Å². The van der Waals surface area contributed by atoms with E-state index < -0.39 is 11.7 Å². The molecule has 0 unspecified atom stereocenters. The Morgan fingerprint density at radius 3 is 2.25 bits per heavy atom. The van der Waals surface area contributed by atoms with E-state index in [1.165, 1.54) is 12.1 Å². The lowest BCUT2D eigenvalue weighted by molar-refractivity contribution is -0.137. The number of halogens is 5. The van der Waals surface area contributed by atoms with Crippen molar-refractivity contribution < 1.29 is 13.2 Å². The van der Waals surface area contributed by atoms with Crippen LogP contribution in [-0.4, -0.2) is 24.5 Å². The zero-order valence-electron chi connectivity index (χ0n) is 17.4. The molecule has 0 aromatic heterocycles. The van der Waals surface area contributed by atoms with Crippen molar-refractivity contribution in [3.63, 3.8) is 0 Å². The highest BCUT2D eigenvalue weighted by Gasteiger charge is 2.30. The molecule has 0 radical (unpaired) electrons. The number of nitrogens with zero attached hydrogens (tertiary/aromatic N) is 1. The highest BCUT2D eigenvalue weighted by molar-refractivity contribution is 6.31. The van der Waals surface area contributed by atoms with Gasteiger partial charge in [0.1, 0.15) is 0 Å². The molecule has 4 rings (SSSR count). The van der Waals surface area contributed by atoms with Crippen molar-refractivity contribution in [1.82, 2.24) is 4.90 Å². The molecule has 0 aliphatic carbocycles. The first-order chi connectivity index (χ1) is 14.9. The lowest BCUT2D eigenvalue weighted by Gasteiger charge is -2.27. The summed E-state index contributed by atoms with van der Waals surface area (Å²) in [6, 6.07) is 21.9. The summed E-state index contributed by atoms with van der Waals surface area (Å²) < 4.78 is 38.9. The van der Waals surface area contributed by atoms with Gasteiger partial charge in [-0.2, -0.15) is 13.2 Å². The van der Waals surface area contributed by atoms with Crippen molar-refractivity contribution in [3.05, 3.63) is 101 Å². The highest BCUT2D eigenvalue weighted by atomic mass is 35.5. The van der Waals surface area contributed by atoms with Gasteiger partial charge in [0.05, 0.1) is 5.56 Å². The number of rotatable bonds is 5. The minimum absolute atomic E-state index is 0. The molecule has 0 saturated carbocycles. The molecule has 3 aromatic carbocycles. The van der Waals surface area contributed by atoms with Crippen LogP contribution in [0.1, 0.15) is 23.1 Å². The quantitative estimate of drug-likeness (QED) is 0.362. The van der Waals surface area contributed by atoms with E-state index in [-0.39, 0.29) is 12.4 Å². The van der Waals surface area contributed by atoms with Gasteiger partial charge in [-0.3, -0.25) is 4.90 Å². The van der Waals surface area contributed by atoms with Crippen LogP contribution in [0, 0.1) is 0 Å². The number of benzene rings is 3. The third kappa shape index (κ3) is 5.94. The molecule has 0 atom stereocenters. The Bertz CT molecular complexity index is 1080. The second-order valence-corrected chi connectivity index (χ2v) is 8.19. The van der Waals surface area contributed by atoms with E-state index in [0.29, 0.717) is 5.56 Å². The molecule has 1 aliphatic rings. The Kier molecular flexibility index (Phi) is 8.05. The topological polar surface area (TPSA) is 3.24 Å². The molecule has 0 saturated heterocycles. The van der Waals surface area contributed by atoms with Crippen LogP contribution in [0.25, 0.3) is 16.7 Å². The Labute approximate surface area is 197 Å². The first-order valence-electron chi connectivity index (χ1n) is 10.3. The van der Waals surface area contributed by atoms with Gasteiger partial charge in [0, 0.05) is 24.7 Å². The summed E-state index contributed by atoms with van der Waals surface area (Å²) in [6.45, 7) is 2.41. The van der Waals surface area contributed by atoms with E-state index in [1.807, 2.05) is 30.3 Å². The SMILES string of the molecule is Cl.FC(F)(F)c1cccc(C2=CCN(CCc3ccc(-c4ccccc4)cc3Cl)CC2)c1. The average Bonchev–Trinajstić information content (AvgIpc) is 2.79. The Balaban J connectivity index is 0.00000289. The van der Waals surface area contributed by atoms with Gasteiger partial charge < -0.3 is 0 Å². The maximum absolute atomic E-state index is 13.0. The Morgan fingerprint density at radius 2 is 1.59 bits per heavy atom. The summed E-state index contributed by atoms with van der Waals surface area (Å²) in [4.78, 5) is 2.30. The Hall–Kier alpha value is -2.27. The van der Waals surface area contributed by atoms with E-state index in [4.69, 9.17) is 11.6 Å². The highest BCUT2D eigenvalue weighted by Crippen LogP contribution is 2.32. The fraction of sp³-hybridized carbons (Fsp3) is 0.231. The maximum Gasteiger partial charge on any atom is 0.416 e. The molecular weight excluding hydrogens is 454 g/mol. The van der Waals surface area contributed by atoms with E-state index >= 15 is 0 Å². The molecule has 1 nitrogen and oxygen atoms in total. The van der Waals surface area contributed by atoms with Crippen molar-refractivity contribution in [1.29, 1.82) is 0 Å². The molecule has 0 spiro atoms. The molecule has 0 N–H and O–H groups in total. The average molecular weight is 478 g/mol. The molecule has 0 bridgehead atoms. The largest absolute Gasteiger partial charge is 0.416 e.